The van der Waals surface area contributed by atoms with Crippen molar-refractivity contribution in [1.29, 1.82) is 0 Å². The smallest absolute Gasteiger partial charge is 0.253 e. The number of carbonyl (C=O) groups excluding carboxylic acids is 7. The van der Waals surface area contributed by atoms with Crippen molar-refractivity contribution in [3.05, 3.63) is 117 Å². The molecule has 4 rings (SSSR count). The summed E-state index contributed by atoms with van der Waals surface area (Å²) in [5.41, 5.74) is 17.8. The summed E-state index contributed by atoms with van der Waals surface area (Å²) < 4.78 is 17.1. The summed E-state index contributed by atoms with van der Waals surface area (Å²) in [4.78, 5) is 101. The van der Waals surface area contributed by atoms with E-state index in [4.69, 9.17) is 25.7 Å². The van der Waals surface area contributed by atoms with Gasteiger partial charge in [0, 0.05) is 65.7 Å². The van der Waals surface area contributed by atoms with Gasteiger partial charge in [-0.1, -0.05) is 152 Å². The monoisotopic (exact) mass is 1410 g/mol. The van der Waals surface area contributed by atoms with Crippen LogP contribution in [0.1, 0.15) is 332 Å². The van der Waals surface area contributed by atoms with E-state index in [0.717, 1.165) is 110 Å². The Morgan fingerprint density at radius 2 is 0.881 bits per heavy atom. The van der Waals surface area contributed by atoms with E-state index >= 15 is 0 Å². The van der Waals surface area contributed by atoms with Gasteiger partial charge in [0.05, 0.1) is 50.2 Å². The first-order valence-corrected chi connectivity index (χ1v) is 39.9. The molecule has 562 valence electrons. The Labute approximate surface area is 613 Å². The van der Waals surface area contributed by atoms with Crippen molar-refractivity contribution in [2.45, 2.75) is 284 Å². The average molecular weight is 1420 g/mol. The number of Topliss-reactive ketones (excluding diaryl/α,β-unsaturated/α-hetero) is 6. The SMILES string of the molecule is CCCCC(CCCC)C(=O)CC(C)c1ccc(OC)c(C(=O)C(C)CC(CCCC)C(=O)CCC(C)c2ccc(OC)c(C(=O)C(C)CCC(CCCCN)C(=O)CCC(C)c3ccc(SC)c(C(=O)NC(CCCCN)C(=O)CCC(C)c4ccc(OC)c(C(O)C(C)CC)c4)c3)c2)c1. The average Bonchev–Trinajstić information content (AvgIpc) is 0.840. The van der Waals surface area contributed by atoms with Gasteiger partial charge in [-0.2, -0.15) is 0 Å². The summed E-state index contributed by atoms with van der Waals surface area (Å²) in [6.07, 6.45) is 19.2. The number of ketones is 6. The number of nitrogens with two attached hydrogens (primary N) is 2. The number of methoxy groups -OCH3 is 3. The second kappa shape index (κ2) is 46.7. The minimum Gasteiger partial charge on any atom is -0.496 e. The minimum absolute atomic E-state index is 0.00688. The van der Waals surface area contributed by atoms with E-state index in [1.807, 2.05) is 107 Å². The summed E-state index contributed by atoms with van der Waals surface area (Å²) in [5, 5.41) is 14.3. The lowest BCUT2D eigenvalue weighted by Crippen LogP contribution is -2.41. The molecule has 11 atom stereocenters. The number of aliphatic hydroxyl groups is 1. The van der Waals surface area contributed by atoms with Crippen LogP contribution in [0, 0.1) is 35.5 Å². The molecular weight excluding hydrogens is 1280 g/mol. The highest BCUT2D eigenvalue weighted by Gasteiger charge is 2.31. The molecule has 0 fully saturated rings. The predicted octanol–water partition coefficient (Wildman–Crippen LogP) is 19.6. The van der Waals surface area contributed by atoms with Gasteiger partial charge >= 0.3 is 0 Å². The fourth-order valence-corrected chi connectivity index (χ4v) is 14.7. The van der Waals surface area contributed by atoms with Gasteiger partial charge in [0.25, 0.3) is 5.91 Å². The quantitative estimate of drug-likeness (QED) is 0.0183. The molecule has 0 aliphatic heterocycles. The fraction of sp³-hybridized carbons (Fsp3) is 0.640. The van der Waals surface area contributed by atoms with Gasteiger partial charge in [0.2, 0.25) is 0 Å². The highest BCUT2D eigenvalue weighted by molar-refractivity contribution is 7.98. The van der Waals surface area contributed by atoms with Gasteiger partial charge in [-0.25, -0.2) is 0 Å². The maximum atomic E-state index is 14.5. The van der Waals surface area contributed by atoms with Gasteiger partial charge in [0.15, 0.2) is 17.3 Å². The molecule has 0 aromatic heterocycles. The van der Waals surface area contributed by atoms with Crippen molar-refractivity contribution in [2.75, 3.05) is 40.7 Å². The largest absolute Gasteiger partial charge is 0.496 e. The molecule has 0 heterocycles. The van der Waals surface area contributed by atoms with Crippen LogP contribution in [-0.4, -0.2) is 92.4 Å². The molecule has 6 N–H and O–H groups in total. The van der Waals surface area contributed by atoms with E-state index < -0.39 is 24.0 Å². The number of unbranched alkanes of at least 4 members (excludes halogenated alkanes) is 5. The molecular formula is C86H131N3O11S. The topological polar surface area (TPSA) is 231 Å². The van der Waals surface area contributed by atoms with Crippen molar-refractivity contribution < 1.29 is 52.9 Å². The molecule has 4 aromatic carbocycles. The standard InChI is InChI=1S/C86H131N3O11S/c1-16-20-27-63(28-21-17-2)78(93)51-61(10)68-39-46-81(100-14)72(54-68)85(96)62(11)50-69(29-22-18-3)76(91)42-34-57(6)66-38-45-80(99-13)71(53-66)84(95)60(9)32-36-64(30-23-25-48-87)75(90)41-33-58(7)67-40-47-82(101-15)73(55-67)86(97)89-74(31-24-26-49-88)77(92)43-35-59(8)65-37-44-79(98-12)70(52-65)83(94)56(5)19-4/h37-40,44-47,52-64,69,74,83,94H,16-36,41-43,48-51,87-88H2,1-15H3,(H,89,97). The minimum atomic E-state index is -0.699. The van der Waals surface area contributed by atoms with Crippen molar-refractivity contribution in [1.82, 2.24) is 5.32 Å². The molecule has 0 bridgehead atoms. The zero-order chi connectivity index (χ0) is 74.7. The van der Waals surface area contributed by atoms with Crippen molar-refractivity contribution >= 4 is 52.4 Å². The number of carbonyl (C=O) groups is 7. The molecule has 0 saturated heterocycles. The highest BCUT2D eigenvalue weighted by Crippen LogP contribution is 2.38. The molecule has 4 aromatic rings. The molecule has 0 aliphatic carbocycles. The highest BCUT2D eigenvalue weighted by atomic mass is 32.2. The molecule has 1 amide bonds. The van der Waals surface area contributed by atoms with E-state index in [1.54, 1.807) is 21.3 Å². The van der Waals surface area contributed by atoms with Crippen LogP contribution in [0.25, 0.3) is 0 Å². The lowest BCUT2D eigenvalue weighted by molar-refractivity contribution is -0.124. The van der Waals surface area contributed by atoms with E-state index in [-0.39, 0.29) is 88.6 Å². The number of ether oxygens (including phenoxy) is 3. The maximum absolute atomic E-state index is 14.5. The number of benzene rings is 4. The number of amides is 1. The zero-order valence-corrected chi connectivity index (χ0v) is 65.6. The molecule has 11 unspecified atom stereocenters. The first-order chi connectivity index (χ1) is 48.4. The van der Waals surface area contributed by atoms with Gasteiger partial charge in [0.1, 0.15) is 34.6 Å². The number of rotatable bonds is 54. The Bertz CT molecular complexity index is 3210. The van der Waals surface area contributed by atoms with Gasteiger partial charge in [-0.3, -0.25) is 33.6 Å². The molecule has 15 heteroatoms. The number of nitrogens with one attached hydrogen (secondary N) is 1. The second-order valence-electron chi connectivity index (χ2n) is 29.5. The van der Waals surface area contributed by atoms with Crippen molar-refractivity contribution in [3.63, 3.8) is 0 Å². The second-order valence-corrected chi connectivity index (χ2v) is 30.3. The summed E-state index contributed by atoms with van der Waals surface area (Å²) >= 11 is 1.47. The lowest BCUT2D eigenvalue weighted by atomic mass is 9.81. The lowest BCUT2D eigenvalue weighted by Gasteiger charge is -2.23. The first kappa shape index (κ1) is 87.4. The third kappa shape index (κ3) is 27.5. The summed E-state index contributed by atoms with van der Waals surface area (Å²) in [6, 6.07) is 22.5. The Kier molecular flexibility index (Phi) is 40.4. The van der Waals surface area contributed by atoms with Gasteiger partial charge < -0.3 is 36.1 Å². The van der Waals surface area contributed by atoms with E-state index in [2.05, 4.69) is 53.8 Å². The third-order valence-electron chi connectivity index (χ3n) is 21.7. The maximum Gasteiger partial charge on any atom is 0.253 e. The fourth-order valence-electron chi connectivity index (χ4n) is 14.1. The summed E-state index contributed by atoms with van der Waals surface area (Å²) in [5.74, 6) is 0.186. The normalized spacial score (nSPS) is 14.9. The molecule has 0 aliphatic rings. The Morgan fingerprint density at radius 3 is 1.38 bits per heavy atom. The zero-order valence-electron chi connectivity index (χ0n) is 64.7. The van der Waals surface area contributed by atoms with Crippen LogP contribution in [0.4, 0.5) is 0 Å². The Morgan fingerprint density at radius 1 is 0.455 bits per heavy atom. The number of aliphatic hydroxyl groups excluding tert-OH is 1. The van der Waals surface area contributed by atoms with Crippen molar-refractivity contribution in [2.24, 2.45) is 47.0 Å². The van der Waals surface area contributed by atoms with Crippen LogP contribution in [0.15, 0.2) is 77.7 Å². The van der Waals surface area contributed by atoms with E-state index in [0.29, 0.717) is 136 Å². The number of hydrogen-bond acceptors (Lipinski definition) is 14. The van der Waals surface area contributed by atoms with Gasteiger partial charge in [-0.15, -0.1) is 11.8 Å². The Balaban J connectivity index is 1.42. The number of thioether (sulfide) groups is 1. The van der Waals surface area contributed by atoms with E-state index in [9.17, 15) is 38.7 Å². The van der Waals surface area contributed by atoms with Crippen LogP contribution in [0.3, 0.4) is 0 Å². The van der Waals surface area contributed by atoms with Crippen LogP contribution < -0.4 is 31.0 Å². The van der Waals surface area contributed by atoms with Crippen LogP contribution in [0.2, 0.25) is 0 Å². The van der Waals surface area contributed by atoms with Crippen molar-refractivity contribution in [3.8, 4) is 17.2 Å². The molecule has 0 radical (unpaired) electrons. The molecule has 0 spiro atoms. The molecule has 0 saturated carbocycles. The summed E-state index contributed by atoms with van der Waals surface area (Å²) in [7, 11) is 4.73. The number of hydrogen-bond donors (Lipinski definition) is 4. The van der Waals surface area contributed by atoms with Gasteiger partial charge in [-0.05, 0) is 210 Å². The van der Waals surface area contributed by atoms with E-state index in [1.165, 1.54) is 11.8 Å². The van der Waals surface area contributed by atoms with Crippen LogP contribution in [0.5, 0.6) is 17.2 Å². The predicted molar refractivity (Wildman–Crippen MR) is 415 cm³/mol. The third-order valence-corrected chi connectivity index (χ3v) is 22.5. The van der Waals surface area contributed by atoms with Crippen LogP contribution >= 0.6 is 11.8 Å². The molecule has 14 nitrogen and oxygen atoms in total. The Hall–Kier alpha value is -6.00. The summed E-state index contributed by atoms with van der Waals surface area (Å²) in [6.45, 7) is 23.6. The first-order valence-electron chi connectivity index (χ1n) is 38.7. The molecule has 101 heavy (non-hydrogen) atoms. The van der Waals surface area contributed by atoms with Crippen LogP contribution in [-0.2, 0) is 19.2 Å².